The Balaban J connectivity index is 1.41. The number of hydrogen-bond donors (Lipinski definition) is 1. The van der Waals surface area contributed by atoms with Gasteiger partial charge in [-0.1, -0.05) is 0 Å². The van der Waals surface area contributed by atoms with Crippen molar-refractivity contribution in [1.82, 2.24) is 20.2 Å². The van der Waals surface area contributed by atoms with Gasteiger partial charge in [-0.2, -0.15) is 0 Å². The molecule has 0 bridgehead atoms. The highest BCUT2D eigenvalue weighted by Crippen LogP contribution is 2.14. The summed E-state index contributed by atoms with van der Waals surface area (Å²) >= 11 is 0. The van der Waals surface area contributed by atoms with E-state index in [1.807, 2.05) is 24.8 Å². The second kappa shape index (κ2) is 7.29. The molecule has 1 fully saturated rings. The summed E-state index contributed by atoms with van der Waals surface area (Å²) in [4.78, 5) is 10.6. The van der Waals surface area contributed by atoms with Gasteiger partial charge in [0, 0.05) is 43.9 Å². The van der Waals surface area contributed by atoms with E-state index in [1.54, 1.807) is 0 Å². The van der Waals surface area contributed by atoms with Crippen molar-refractivity contribution in [3.8, 4) is 0 Å². The molecule has 1 saturated heterocycles. The summed E-state index contributed by atoms with van der Waals surface area (Å²) in [5.41, 5.74) is 2.66. The minimum Gasteiger partial charge on any atom is -0.310 e. The molecule has 3 heterocycles. The molecule has 4 heteroatoms. The van der Waals surface area contributed by atoms with Crippen molar-refractivity contribution < 1.29 is 0 Å². The summed E-state index contributed by atoms with van der Waals surface area (Å²) in [6, 6.07) is 8.99. The molecule has 2 aromatic heterocycles. The zero-order chi connectivity index (χ0) is 14.3. The van der Waals surface area contributed by atoms with Crippen LogP contribution in [0.1, 0.15) is 24.0 Å². The van der Waals surface area contributed by atoms with Crippen LogP contribution in [0.3, 0.4) is 0 Å². The maximum Gasteiger partial charge on any atom is 0.0271 e. The quantitative estimate of drug-likeness (QED) is 0.913. The molecular formula is C17H22N4. The van der Waals surface area contributed by atoms with Crippen LogP contribution in [0.2, 0.25) is 0 Å². The molecule has 0 aromatic carbocycles. The van der Waals surface area contributed by atoms with Crippen LogP contribution >= 0.6 is 0 Å². The lowest BCUT2D eigenvalue weighted by atomic mass is 10.0. The number of likely N-dealkylation sites (tertiary alicyclic amines) is 1. The van der Waals surface area contributed by atoms with Crippen LogP contribution < -0.4 is 5.32 Å². The lowest BCUT2D eigenvalue weighted by Gasteiger charge is -2.32. The highest BCUT2D eigenvalue weighted by molar-refractivity contribution is 5.10. The molecule has 0 atom stereocenters. The zero-order valence-corrected chi connectivity index (χ0v) is 12.3. The summed E-state index contributed by atoms with van der Waals surface area (Å²) in [5, 5.41) is 3.66. The van der Waals surface area contributed by atoms with Crippen molar-refractivity contribution in [2.45, 2.75) is 32.0 Å². The zero-order valence-electron chi connectivity index (χ0n) is 12.3. The van der Waals surface area contributed by atoms with Gasteiger partial charge < -0.3 is 5.32 Å². The first-order valence-corrected chi connectivity index (χ1v) is 7.64. The average Bonchev–Trinajstić information content (AvgIpc) is 2.56. The Labute approximate surface area is 126 Å². The molecule has 1 aliphatic rings. The van der Waals surface area contributed by atoms with Crippen LogP contribution in [-0.4, -0.2) is 34.0 Å². The Morgan fingerprint density at radius 1 is 0.905 bits per heavy atom. The van der Waals surface area contributed by atoms with Gasteiger partial charge in [-0.3, -0.25) is 14.9 Å². The molecule has 0 saturated carbocycles. The standard InChI is InChI=1S/C17H22N4/c1-7-18-8-2-15(1)13-20-17-5-11-21(12-6-17)14-16-3-9-19-10-4-16/h1-4,7-10,17,20H,5-6,11-14H2. The van der Waals surface area contributed by atoms with Crippen LogP contribution in [0.4, 0.5) is 0 Å². The lowest BCUT2D eigenvalue weighted by molar-refractivity contribution is 0.190. The Hall–Kier alpha value is -1.78. The molecule has 0 amide bonds. The normalized spacial score (nSPS) is 17.0. The Kier molecular flexibility index (Phi) is 4.92. The van der Waals surface area contributed by atoms with Crippen LogP contribution in [0.15, 0.2) is 49.1 Å². The number of aromatic nitrogens is 2. The van der Waals surface area contributed by atoms with E-state index in [1.165, 1.54) is 24.0 Å². The summed E-state index contributed by atoms with van der Waals surface area (Å²) in [6.45, 7) is 4.31. The molecule has 1 N–H and O–H groups in total. The van der Waals surface area contributed by atoms with Crippen molar-refractivity contribution >= 4 is 0 Å². The van der Waals surface area contributed by atoms with Crippen molar-refractivity contribution in [3.05, 3.63) is 60.2 Å². The van der Waals surface area contributed by atoms with Crippen LogP contribution in [-0.2, 0) is 13.1 Å². The van der Waals surface area contributed by atoms with Crippen molar-refractivity contribution in [1.29, 1.82) is 0 Å². The second-order valence-corrected chi connectivity index (χ2v) is 5.64. The summed E-state index contributed by atoms with van der Waals surface area (Å²) in [5.74, 6) is 0. The molecule has 0 radical (unpaired) electrons. The van der Waals surface area contributed by atoms with Gasteiger partial charge in [0.2, 0.25) is 0 Å². The Morgan fingerprint density at radius 3 is 2.10 bits per heavy atom. The summed E-state index contributed by atoms with van der Waals surface area (Å²) in [6.07, 6.45) is 9.89. The maximum atomic E-state index is 4.07. The Bertz CT molecular complexity index is 521. The van der Waals surface area contributed by atoms with Crippen molar-refractivity contribution in [3.63, 3.8) is 0 Å². The fourth-order valence-corrected chi connectivity index (χ4v) is 2.80. The van der Waals surface area contributed by atoms with Crippen molar-refractivity contribution in [2.24, 2.45) is 0 Å². The number of nitrogens with zero attached hydrogens (tertiary/aromatic N) is 3. The van der Waals surface area contributed by atoms with E-state index < -0.39 is 0 Å². The number of piperidine rings is 1. The van der Waals surface area contributed by atoms with Gasteiger partial charge >= 0.3 is 0 Å². The van der Waals surface area contributed by atoms with E-state index in [9.17, 15) is 0 Å². The fraction of sp³-hybridized carbons (Fsp3) is 0.412. The third kappa shape index (κ3) is 4.34. The highest BCUT2D eigenvalue weighted by Gasteiger charge is 2.18. The predicted molar refractivity (Wildman–Crippen MR) is 83.6 cm³/mol. The first-order chi connectivity index (χ1) is 10.4. The molecule has 4 nitrogen and oxygen atoms in total. The van der Waals surface area contributed by atoms with Gasteiger partial charge in [0.1, 0.15) is 0 Å². The second-order valence-electron chi connectivity index (χ2n) is 5.64. The van der Waals surface area contributed by atoms with Crippen LogP contribution in [0.5, 0.6) is 0 Å². The van der Waals surface area contributed by atoms with E-state index in [0.29, 0.717) is 6.04 Å². The fourth-order valence-electron chi connectivity index (χ4n) is 2.80. The largest absolute Gasteiger partial charge is 0.310 e. The first kappa shape index (κ1) is 14.2. The molecule has 1 aliphatic heterocycles. The van der Waals surface area contributed by atoms with E-state index >= 15 is 0 Å². The number of hydrogen-bond acceptors (Lipinski definition) is 4. The van der Waals surface area contributed by atoms with Gasteiger partial charge in [-0.25, -0.2) is 0 Å². The minimum absolute atomic E-state index is 0.631. The van der Waals surface area contributed by atoms with Gasteiger partial charge in [0.15, 0.2) is 0 Å². The van der Waals surface area contributed by atoms with Gasteiger partial charge in [0.25, 0.3) is 0 Å². The predicted octanol–water partition coefficient (Wildman–Crippen LogP) is 2.23. The molecule has 0 unspecified atom stereocenters. The monoisotopic (exact) mass is 282 g/mol. The van der Waals surface area contributed by atoms with Gasteiger partial charge in [-0.15, -0.1) is 0 Å². The molecule has 21 heavy (non-hydrogen) atoms. The smallest absolute Gasteiger partial charge is 0.0271 e. The number of nitrogens with one attached hydrogen (secondary N) is 1. The van der Waals surface area contributed by atoms with Crippen LogP contribution in [0.25, 0.3) is 0 Å². The topological polar surface area (TPSA) is 41.0 Å². The molecular weight excluding hydrogens is 260 g/mol. The van der Waals surface area contributed by atoms with E-state index in [0.717, 1.165) is 26.2 Å². The number of pyridine rings is 2. The summed E-state index contributed by atoms with van der Waals surface area (Å²) < 4.78 is 0. The lowest BCUT2D eigenvalue weighted by Crippen LogP contribution is -2.41. The number of rotatable bonds is 5. The maximum absolute atomic E-state index is 4.07. The average molecular weight is 282 g/mol. The SMILES string of the molecule is c1cc(CNC2CCN(Cc3ccncc3)CC2)ccn1. The third-order valence-corrected chi connectivity index (χ3v) is 4.09. The van der Waals surface area contributed by atoms with E-state index in [-0.39, 0.29) is 0 Å². The van der Waals surface area contributed by atoms with E-state index in [4.69, 9.17) is 0 Å². The summed E-state index contributed by atoms with van der Waals surface area (Å²) in [7, 11) is 0. The van der Waals surface area contributed by atoms with Gasteiger partial charge in [-0.05, 0) is 61.3 Å². The van der Waals surface area contributed by atoms with Crippen molar-refractivity contribution in [2.75, 3.05) is 13.1 Å². The molecule has 2 aromatic rings. The van der Waals surface area contributed by atoms with E-state index in [2.05, 4.69) is 44.5 Å². The Morgan fingerprint density at radius 2 is 1.48 bits per heavy atom. The molecule has 3 rings (SSSR count). The molecule has 0 spiro atoms. The highest BCUT2D eigenvalue weighted by atomic mass is 15.1. The first-order valence-electron chi connectivity index (χ1n) is 7.64. The molecule has 0 aliphatic carbocycles. The van der Waals surface area contributed by atoms with Gasteiger partial charge in [0.05, 0.1) is 0 Å². The van der Waals surface area contributed by atoms with Crippen LogP contribution in [0, 0.1) is 0 Å². The minimum atomic E-state index is 0.631. The third-order valence-electron chi connectivity index (χ3n) is 4.09. The molecule has 110 valence electrons.